The Kier molecular flexibility index (Phi) is 4.97. The molecule has 0 aliphatic rings. The highest BCUT2D eigenvalue weighted by atomic mass is 16.5. The van der Waals surface area contributed by atoms with E-state index in [-0.39, 0.29) is 18.3 Å². The van der Waals surface area contributed by atoms with Crippen molar-refractivity contribution in [2.75, 3.05) is 12.4 Å². The lowest BCUT2D eigenvalue weighted by atomic mass is 10.1. The Morgan fingerprint density at radius 2 is 1.64 bits per heavy atom. The van der Waals surface area contributed by atoms with Crippen molar-refractivity contribution in [3.05, 3.63) is 90.2 Å². The van der Waals surface area contributed by atoms with Crippen molar-refractivity contribution in [2.45, 2.75) is 6.61 Å². The molecule has 5 nitrogen and oxygen atoms in total. The van der Waals surface area contributed by atoms with Gasteiger partial charge in [0.15, 0.2) is 5.76 Å². The fourth-order valence-electron chi connectivity index (χ4n) is 3.02. The molecule has 0 saturated heterocycles. The molecular weight excluding hydrogens is 354 g/mol. The van der Waals surface area contributed by atoms with Crippen LogP contribution in [0.5, 0.6) is 11.5 Å². The number of nitrogens with one attached hydrogen (secondary N) is 1. The molecule has 140 valence electrons. The van der Waals surface area contributed by atoms with Crippen molar-refractivity contribution in [1.29, 1.82) is 0 Å². The molecule has 0 fully saturated rings. The molecule has 0 atom stereocenters. The van der Waals surface area contributed by atoms with Gasteiger partial charge in [-0.2, -0.15) is 0 Å². The van der Waals surface area contributed by atoms with E-state index >= 15 is 0 Å². The van der Waals surface area contributed by atoms with Gasteiger partial charge in [-0.1, -0.05) is 48.5 Å². The summed E-state index contributed by atoms with van der Waals surface area (Å²) in [5.74, 6) is 1.17. The van der Waals surface area contributed by atoms with E-state index < -0.39 is 0 Å². The smallest absolute Gasteiger partial charge is 0.291 e. The van der Waals surface area contributed by atoms with Gasteiger partial charge in [-0.15, -0.1) is 0 Å². The summed E-state index contributed by atoms with van der Waals surface area (Å²) >= 11 is 0. The summed E-state index contributed by atoms with van der Waals surface area (Å²) < 4.78 is 17.0. The van der Waals surface area contributed by atoms with E-state index in [1.807, 2.05) is 66.7 Å². The van der Waals surface area contributed by atoms with E-state index in [9.17, 15) is 4.79 Å². The summed E-state index contributed by atoms with van der Waals surface area (Å²) in [6.07, 6.45) is 0. The zero-order valence-electron chi connectivity index (χ0n) is 15.3. The first-order chi connectivity index (χ1) is 13.8. The number of anilines is 1. The van der Waals surface area contributed by atoms with Crippen LogP contribution < -0.4 is 14.8 Å². The number of hydrogen-bond donors (Lipinski definition) is 1. The number of carbonyl (C=O) groups excluding carboxylic acids is 1. The van der Waals surface area contributed by atoms with Crippen molar-refractivity contribution in [3.8, 4) is 11.5 Å². The van der Waals surface area contributed by atoms with Crippen LogP contribution in [0.25, 0.3) is 11.0 Å². The number of carbonyl (C=O) groups is 1. The second-order valence-electron chi connectivity index (χ2n) is 6.16. The van der Waals surface area contributed by atoms with Gasteiger partial charge in [0.1, 0.15) is 23.7 Å². The Labute approximate surface area is 162 Å². The second kappa shape index (κ2) is 7.88. The predicted octanol–water partition coefficient (Wildman–Crippen LogP) is 5.27. The number of fused-ring (bicyclic) bond motifs is 1. The van der Waals surface area contributed by atoms with Crippen molar-refractivity contribution in [3.63, 3.8) is 0 Å². The number of para-hydroxylation sites is 4. The average Bonchev–Trinajstić information content (AvgIpc) is 3.12. The second-order valence-corrected chi connectivity index (χ2v) is 6.16. The van der Waals surface area contributed by atoms with Crippen LogP contribution in [-0.4, -0.2) is 13.0 Å². The van der Waals surface area contributed by atoms with Gasteiger partial charge in [-0.05, 0) is 30.3 Å². The number of furan rings is 1. The lowest BCUT2D eigenvalue weighted by Gasteiger charge is -2.10. The van der Waals surface area contributed by atoms with Gasteiger partial charge in [0.05, 0.1) is 12.8 Å². The molecule has 0 aliphatic carbocycles. The maximum atomic E-state index is 13.0. The lowest BCUT2D eigenvalue weighted by Crippen LogP contribution is -2.14. The summed E-state index contributed by atoms with van der Waals surface area (Å²) in [5.41, 5.74) is 1.91. The summed E-state index contributed by atoms with van der Waals surface area (Å²) in [6.45, 7) is 0.218. The Balaban J connectivity index is 1.66. The summed E-state index contributed by atoms with van der Waals surface area (Å²) in [7, 11) is 1.56. The first-order valence-corrected chi connectivity index (χ1v) is 8.89. The van der Waals surface area contributed by atoms with Crippen molar-refractivity contribution in [2.24, 2.45) is 0 Å². The normalized spacial score (nSPS) is 10.6. The molecular formula is C23H19NO4. The van der Waals surface area contributed by atoms with Crippen LogP contribution in [0.4, 0.5) is 5.69 Å². The minimum absolute atomic E-state index is 0.218. The van der Waals surface area contributed by atoms with Gasteiger partial charge in [0.25, 0.3) is 5.91 Å². The van der Waals surface area contributed by atoms with Crippen LogP contribution >= 0.6 is 0 Å². The zero-order chi connectivity index (χ0) is 19.3. The highest BCUT2D eigenvalue weighted by Crippen LogP contribution is 2.29. The molecule has 0 radical (unpaired) electrons. The molecule has 0 aliphatic heterocycles. The van der Waals surface area contributed by atoms with E-state index in [0.29, 0.717) is 22.6 Å². The monoisotopic (exact) mass is 373 g/mol. The Morgan fingerprint density at radius 3 is 2.46 bits per heavy atom. The van der Waals surface area contributed by atoms with Crippen LogP contribution in [0, 0.1) is 0 Å². The predicted molar refractivity (Wildman–Crippen MR) is 108 cm³/mol. The first kappa shape index (κ1) is 17.7. The molecule has 0 spiro atoms. The fraction of sp³-hybridized carbons (Fsp3) is 0.0870. The molecule has 1 amide bonds. The van der Waals surface area contributed by atoms with Crippen LogP contribution in [0.2, 0.25) is 0 Å². The molecule has 5 heteroatoms. The van der Waals surface area contributed by atoms with Crippen LogP contribution in [0.1, 0.15) is 16.1 Å². The van der Waals surface area contributed by atoms with Gasteiger partial charge in [0, 0.05) is 10.9 Å². The maximum Gasteiger partial charge on any atom is 0.291 e. The Morgan fingerprint density at radius 1 is 0.929 bits per heavy atom. The molecule has 0 saturated carbocycles. The number of rotatable bonds is 6. The van der Waals surface area contributed by atoms with E-state index in [4.69, 9.17) is 13.9 Å². The molecule has 0 bridgehead atoms. The third-order valence-electron chi connectivity index (χ3n) is 4.39. The van der Waals surface area contributed by atoms with Crippen LogP contribution in [-0.2, 0) is 6.61 Å². The summed E-state index contributed by atoms with van der Waals surface area (Å²) in [6, 6.07) is 24.2. The first-order valence-electron chi connectivity index (χ1n) is 8.89. The molecule has 4 aromatic rings. The molecule has 28 heavy (non-hydrogen) atoms. The van der Waals surface area contributed by atoms with Gasteiger partial charge >= 0.3 is 0 Å². The van der Waals surface area contributed by atoms with Crippen molar-refractivity contribution >= 4 is 22.6 Å². The number of hydrogen-bond acceptors (Lipinski definition) is 4. The summed E-state index contributed by atoms with van der Waals surface area (Å²) in [4.78, 5) is 13.0. The van der Waals surface area contributed by atoms with E-state index in [1.54, 1.807) is 19.2 Å². The van der Waals surface area contributed by atoms with E-state index in [2.05, 4.69) is 5.32 Å². The molecule has 1 heterocycles. The van der Waals surface area contributed by atoms with Gasteiger partial charge in [-0.25, -0.2) is 0 Å². The Hall–Kier alpha value is -3.73. The zero-order valence-corrected chi connectivity index (χ0v) is 15.3. The number of methoxy groups -OCH3 is 1. The van der Waals surface area contributed by atoms with Crippen LogP contribution in [0.3, 0.4) is 0 Å². The third-order valence-corrected chi connectivity index (χ3v) is 4.39. The highest BCUT2D eigenvalue weighted by molar-refractivity contribution is 6.07. The van der Waals surface area contributed by atoms with Gasteiger partial charge < -0.3 is 19.2 Å². The lowest BCUT2D eigenvalue weighted by molar-refractivity contribution is 0.0995. The fourth-order valence-corrected chi connectivity index (χ4v) is 3.02. The van der Waals surface area contributed by atoms with E-state index in [1.165, 1.54) is 0 Å². The largest absolute Gasteiger partial charge is 0.495 e. The van der Waals surface area contributed by atoms with Crippen LogP contribution in [0.15, 0.2) is 83.3 Å². The summed E-state index contributed by atoms with van der Waals surface area (Å²) in [5, 5.41) is 3.71. The SMILES string of the molecule is COc1ccccc1NC(=O)c1oc2ccccc2c1COc1ccccc1. The number of amides is 1. The van der Waals surface area contributed by atoms with Crippen molar-refractivity contribution < 1.29 is 18.7 Å². The van der Waals surface area contributed by atoms with Gasteiger partial charge in [0.2, 0.25) is 0 Å². The number of ether oxygens (including phenoxy) is 2. The molecule has 3 aromatic carbocycles. The van der Waals surface area contributed by atoms with Crippen molar-refractivity contribution in [1.82, 2.24) is 0 Å². The molecule has 1 aromatic heterocycles. The minimum Gasteiger partial charge on any atom is -0.495 e. The van der Waals surface area contributed by atoms with Gasteiger partial charge in [-0.3, -0.25) is 4.79 Å². The van der Waals surface area contributed by atoms with E-state index in [0.717, 1.165) is 11.1 Å². The average molecular weight is 373 g/mol. The molecule has 0 unspecified atom stereocenters. The molecule has 1 N–H and O–H groups in total. The standard InChI is InChI=1S/C23H19NO4/c1-26-21-14-8-6-12-19(21)24-23(25)22-18(15-27-16-9-3-2-4-10-16)17-11-5-7-13-20(17)28-22/h2-14H,15H2,1H3,(H,24,25). The minimum atomic E-state index is -0.354. The quantitative estimate of drug-likeness (QED) is 0.500. The molecule has 4 rings (SSSR count). The topological polar surface area (TPSA) is 60.7 Å². The third kappa shape index (κ3) is 3.55. The highest BCUT2D eigenvalue weighted by Gasteiger charge is 2.22. The number of benzene rings is 3. The Bertz CT molecular complexity index is 1100. The maximum absolute atomic E-state index is 13.0.